The van der Waals surface area contributed by atoms with Crippen LogP contribution in [0.4, 0.5) is 16.2 Å². The van der Waals surface area contributed by atoms with E-state index < -0.39 is 18.1 Å². The van der Waals surface area contributed by atoms with Gasteiger partial charge < -0.3 is 42.0 Å². The SMILES string of the molecule is C/C=C(/C)c1ccc(NCc2ccc(NC(=O)C(CC3CCC(CN)CC3)C(NC(=O)OCc3ccccc3)C(C)C)cc2)cc1OC=O.NC=O.O=CO. The van der Waals surface area contributed by atoms with E-state index in [0.29, 0.717) is 49.3 Å². The first-order valence-corrected chi connectivity index (χ1v) is 18.5. The zero-order valence-electron chi connectivity index (χ0n) is 32.2. The van der Waals surface area contributed by atoms with E-state index in [0.717, 1.165) is 53.6 Å². The summed E-state index contributed by atoms with van der Waals surface area (Å²) >= 11 is 0. The number of carbonyl (C=O) groups is 5. The molecule has 0 heterocycles. The van der Waals surface area contributed by atoms with Crippen molar-refractivity contribution in [2.75, 3.05) is 17.2 Å². The quantitative estimate of drug-likeness (QED) is 0.0849. The Morgan fingerprint density at radius 3 is 2.07 bits per heavy atom. The predicted octanol–water partition coefficient (Wildman–Crippen LogP) is 6.72. The van der Waals surface area contributed by atoms with Gasteiger partial charge in [0, 0.05) is 35.6 Å². The number of ether oxygens (including phenoxy) is 2. The van der Waals surface area contributed by atoms with E-state index in [4.69, 9.17) is 29.9 Å². The molecule has 1 saturated carbocycles. The normalized spacial score (nSPS) is 16.0. The minimum atomic E-state index is -0.527. The Kier molecular flexibility index (Phi) is 21.0. The van der Waals surface area contributed by atoms with Crippen molar-refractivity contribution in [2.24, 2.45) is 35.1 Å². The Morgan fingerprint density at radius 1 is 0.909 bits per heavy atom. The fraction of sp³-hybridized carbons (Fsp3) is 0.405. The lowest BCUT2D eigenvalue weighted by atomic mass is 9.75. The second kappa shape index (κ2) is 25.4. The summed E-state index contributed by atoms with van der Waals surface area (Å²) in [5.74, 6) is 0.854. The Labute approximate surface area is 324 Å². The molecule has 3 amide bonds. The highest BCUT2D eigenvalue weighted by Crippen LogP contribution is 2.35. The number of amides is 3. The molecule has 1 fully saturated rings. The number of primary amides is 1. The van der Waals surface area contributed by atoms with Crippen LogP contribution in [0.15, 0.2) is 78.9 Å². The van der Waals surface area contributed by atoms with Gasteiger partial charge in [-0.05, 0) is 98.4 Å². The number of nitrogens with two attached hydrogens (primary N) is 2. The van der Waals surface area contributed by atoms with Gasteiger partial charge in [0.1, 0.15) is 12.4 Å². The average molecular weight is 760 g/mol. The Morgan fingerprint density at radius 2 is 1.51 bits per heavy atom. The number of hydrogen-bond acceptors (Lipinski definition) is 9. The third kappa shape index (κ3) is 16.1. The minimum Gasteiger partial charge on any atom is -0.483 e. The maximum absolute atomic E-state index is 14.0. The van der Waals surface area contributed by atoms with Gasteiger partial charge in [0.25, 0.3) is 12.9 Å². The van der Waals surface area contributed by atoms with Crippen LogP contribution in [0.25, 0.3) is 5.57 Å². The first-order valence-electron chi connectivity index (χ1n) is 18.5. The molecule has 0 radical (unpaired) electrons. The van der Waals surface area contributed by atoms with Gasteiger partial charge in [-0.25, -0.2) is 4.79 Å². The molecular formula is C42H57N5O8. The van der Waals surface area contributed by atoms with Gasteiger partial charge in [-0.1, -0.05) is 75.2 Å². The van der Waals surface area contributed by atoms with Crippen molar-refractivity contribution in [1.29, 1.82) is 0 Å². The summed E-state index contributed by atoms with van der Waals surface area (Å²) in [6.07, 6.45) is 6.55. The molecular weight excluding hydrogens is 702 g/mol. The van der Waals surface area contributed by atoms with Crippen molar-refractivity contribution in [2.45, 2.75) is 79.0 Å². The van der Waals surface area contributed by atoms with Crippen LogP contribution < -0.4 is 32.2 Å². The molecule has 2 unspecified atom stereocenters. The van der Waals surface area contributed by atoms with E-state index in [1.807, 2.05) is 107 Å². The third-order valence-electron chi connectivity index (χ3n) is 9.61. The lowest BCUT2D eigenvalue weighted by molar-refractivity contribution is -0.123. The largest absolute Gasteiger partial charge is 0.483 e. The molecule has 1 aliphatic rings. The van der Waals surface area contributed by atoms with E-state index in [1.54, 1.807) is 0 Å². The van der Waals surface area contributed by atoms with Gasteiger partial charge in [-0.15, -0.1) is 0 Å². The highest BCUT2D eigenvalue weighted by atomic mass is 16.5. The highest BCUT2D eigenvalue weighted by Gasteiger charge is 2.35. The molecule has 13 nitrogen and oxygen atoms in total. The lowest BCUT2D eigenvalue weighted by Crippen LogP contribution is -2.49. The number of hydrogen-bond donors (Lipinski definition) is 6. The van der Waals surface area contributed by atoms with Crippen molar-refractivity contribution < 1.29 is 38.6 Å². The highest BCUT2D eigenvalue weighted by molar-refractivity contribution is 5.93. The van der Waals surface area contributed by atoms with Crippen molar-refractivity contribution >= 4 is 48.3 Å². The van der Waals surface area contributed by atoms with Crippen LogP contribution in [0.2, 0.25) is 0 Å². The van der Waals surface area contributed by atoms with Crippen LogP contribution in [0, 0.1) is 23.7 Å². The summed E-state index contributed by atoms with van der Waals surface area (Å²) in [5, 5.41) is 16.5. The first kappa shape index (κ1) is 45.5. The van der Waals surface area contributed by atoms with Crippen LogP contribution in [-0.4, -0.2) is 49.0 Å². The molecule has 0 aliphatic heterocycles. The monoisotopic (exact) mass is 759 g/mol. The van der Waals surface area contributed by atoms with Crippen molar-refractivity contribution in [3.8, 4) is 5.75 Å². The molecule has 298 valence electrons. The van der Waals surface area contributed by atoms with Crippen LogP contribution in [0.1, 0.15) is 76.5 Å². The second-order valence-electron chi connectivity index (χ2n) is 13.6. The molecule has 2 atom stereocenters. The fourth-order valence-corrected chi connectivity index (χ4v) is 6.52. The summed E-state index contributed by atoms with van der Waals surface area (Å²) in [7, 11) is 0. The third-order valence-corrected chi connectivity index (χ3v) is 9.61. The zero-order valence-corrected chi connectivity index (χ0v) is 32.2. The Bertz CT molecular complexity index is 1640. The second-order valence-corrected chi connectivity index (χ2v) is 13.6. The van der Waals surface area contributed by atoms with Gasteiger partial charge >= 0.3 is 6.09 Å². The van der Waals surface area contributed by atoms with E-state index in [2.05, 4.69) is 21.7 Å². The number of carboxylic acid groups (broad SMARTS) is 1. The molecule has 13 heteroatoms. The summed E-state index contributed by atoms with van der Waals surface area (Å²) in [6.45, 7) is 9.55. The number of nitrogens with one attached hydrogen (secondary N) is 3. The summed E-state index contributed by atoms with van der Waals surface area (Å²) in [6, 6.07) is 22.5. The molecule has 0 aromatic heterocycles. The molecule has 1 aliphatic carbocycles. The number of carbonyl (C=O) groups excluding carboxylic acids is 4. The van der Waals surface area contributed by atoms with Crippen LogP contribution in [-0.2, 0) is 37.1 Å². The smallest absolute Gasteiger partial charge is 0.407 e. The minimum absolute atomic E-state index is 0.00211. The van der Waals surface area contributed by atoms with E-state index >= 15 is 0 Å². The predicted molar refractivity (Wildman–Crippen MR) is 215 cm³/mol. The van der Waals surface area contributed by atoms with Gasteiger partial charge in [0.15, 0.2) is 0 Å². The summed E-state index contributed by atoms with van der Waals surface area (Å²) in [4.78, 5) is 55.0. The maximum Gasteiger partial charge on any atom is 0.407 e. The number of benzene rings is 3. The molecule has 3 aromatic rings. The fourth-order valence-electron chi connectivity index (χ4n) is 6.52. The van der Waals surface area contributed by atoms with E-state index in [-0.39, 0.29) is 31.3 Å². The van der Waals surface area contributed by atoms with Crippen molar-refractivity contribution in [3.63, 3.8) is 0 Å². The molecule has 0 spiro atoms. The number of alkyl carbamates (subject to hydrolysis) is 1. The van der Waals surface area contributed by atoms with Gasteiger partial charge in [-0.3, -0.25) is 19.2 Å². The average Bonchev–Trinajstić information content (AvgIpc) is 3.19. The van der Waals surface area contributed by atoms with Crippen molar-refractivity contribution in [1.82, 2.24) is 5.32 Å². The molecule has 8 N–H and O–H groups in total. The first-order chi connectivity index (χ1) is 26.5. The zero-order chi connectivity index (χ0) is 40.6. The standard InChI is InChI=1S/C40H52N4O5.CH3NO.CH2O2/c1-5-28(4)35-20-19-34(22-37(35)49-26-45)42-24-31-15-17-33(18-16-31)43-39(46)36(21-29-11-13-30(23-41)14-12-29)38(27(2)3)44-40(47)48-25-32-9-7-6-8-10-32;2*2-1-3/h5-10,15-20,22,26-27,29-30,36,38,42H,11-14,21,23-25,41H2,1-4H3,(H,43,46)(H,44,47);1H,(H2,2,3);1H,(H,2,3)/b28-5-;;. The Hall–Kier alpha value is -5.69. The van der Waals surface area contributed by atoms with Gasteiger partial charge in [-0.2, -0.15) is 0 Å². The van der Waals surface area contributed by atoms with Crippen molar-refractivity contribution in [3.05, 3.63) is 95.6 Å². The number of allylic oxidation sites excluding steroid dienone is 2. The van der Waals surface area contributed by atoms with Crippen LogP contribution in [0.3, 0.4) is 0 Å². The topological polar surface area (TPSA) is 212 Å². The lowest BCUT2D eigenvalue weighted by Gasteiger charge is -2.35. The van der Waals surface area contributed by atoms with Crippen LogP contribution >= 0.6 is 0 Å². The summed E-state index contributed by atoms with van der Waals surface area (Å²) < 4.78 is 10.8. The van der Waals surface area contributed by atoms with E-state index in [9.17, 15) is 14.4 Å². The molecule has 3 aromatic carbocycles. The van der Waals surface area contributed by atoms with Crippen LogP contribution in [0.5, 0.6) is 5.75 Å². The molecule has 4 rings (SSSR count). The van der Waals surface area contributed by atoms with E-state index in [1.165, 1.54) is 0 Å². The molecule has 55 heavy (non-hydrogen) atoms. The van der Waals surface area contributed by atoms with Gasteiger partial charge in [0.2, 0.25) is 12.3 Å². The number of rotatable bonds is 16. The molecule has 0 bridgehead atoms. The number of anilines is 2. The molecule has 0 saturated heterocycles. The summed E-state index contributed by atoms with van der Waals surface area (Å²) in [5.41, 5.74) is 15.4. The Balaban J connectivity index is 0.00000163. The maximum atomic E-state index is 14.0. The van der Waals surface area contributed by atoms with Gasteiger partial charge in [0.05, 0.1) is 5.92 Å².